The molecule has 2 rings (SSSR count). The summed E-state index contributed by atoms with van der Waals surface area (Å²) < 4.78 is 0. The van der Waals surface area contributed by atoms with Crippen LogP contribution in [0.5, 0.6) is 0 Å². The van der Waals surface area contributed by atoms with E-state index in [9.17, 15) is 0 Å². The zero-order valence-electron chi connectivity index (χ0n) is 7.12. The first kappa shape index (κ1) is 9.29. The number of nitrogens with zero attached hydrogens (tertiary/aromatic N) is 2. The number of hydrogen-bond acceptors (Lipinski definition) is 5. The van der Waals surface area contributed by atoms with Crippen LogP contribution in [0.25, 0.3) is 0 Å². The summed E-state index contributed by atoms with van der Waals surface area (Å²) in [6.45, 7) is 0.589. The lowest BCUT2D eigenvalue weighted by atomic mass is 10.3. The highest BCUT2D eigenvalue weighted by Crippen LogP contribution is 2.19. The summed E-state index contributed by atoms with van der Waals surface area (Å²) in [7, 11) is 0. The summed E-state index contributed by atoms with van der Waals surface area (Å²) in [5, 5.41) is 12.6. The molecule has 0 aliphatic carbocycles. The molecule has 0 fully saturated rings. The molecule has 0 atom stereocenters. The lowest BCUT2D eigenvalue weighted by Crippen LogP contribution is -2.00. The molecule has 74 valence electrons. The SMILES string of the molecule is Nc1[nH]ncc1CNc1nc(Cl)cs1. The predicted octanol–water partition coefficient (Wildman–Crippen LogP) is 1.71. The van der Waals surface area contributed by atoms with Crippen molar-refractivity contribution in [3.63, 3.8) is 0 Å². The van der Waals surface area contributed by atoms with Gasteiger partial charge in [-0.15, -0.1) is 11.3 Å². The number of aromatic nitrogens is 3. The molecule has 0 bridgehead atoms. The minimum Gasteiger partial charge on any atom is -0.384 e. The Bertz CT molecular complexity index is 423. The lowest BCUT2D eigenvalue weighted by molar-refractivity contribution is 1.10. The molecule has 5 nitrogen and oxygen atoms in total. The van der Waals surface area contributed by atoms with Gasteiger partial charge in [0.1, 0.15) is 11.0 Å². The average Bonchev–Trinajstić information content (AvgIpc) is 2.72. The molecule has 14 heavy (non-hydrogen) atoms. The summed E-state index contributed by atoms with van der Waals surface area (Å²) in [6, 6.07) is 0. The lowest BCUT2D eigenvalue weighted by Gasteiger charge is -1.99. The van der Waals surface area contributed by atoms with Crippen molar-refractivity contribution in [1.82, 2.24) is 15.2 Å². The third-order valence-corrected chi connectivity index (χ3v) is 2.78. The van der Waals surface area contributed by atoms with Crippen molar-refractivity contribution in [2.75, 3.05) is 11.1 Å². The van der Waals surface area contributed by atoms with Gasteiger partial charge in [-0.05, 0) is 0 Å². The minimum atomic E-state index is 0.498. The van der Waals surface area contributed by atoms with Gasteiger partial charge in [-0.25, -0.2) is 4.98 Å². The number of nitrogen functional groups attached to an aromatic ring is 1. The number of aromatic amines is 1. The van der Waals surface area contributed by atoms with E-state index in [0.717, 1.165) is 10.7 Å². The fraction of sp³-hybridized carbons (Fsp3) is 0.143. The van der Waals surface area contributed by atoms with Crippen LogP contribution in [-0.4, -0.2) is 15.2 Å². The Labute approximate surface area is 89.3 Å². The first-order valence-electron chi connectivity index (χ1n) is 3.88. The van der Waals surface area contributed by atoms with Crippen molar-refractivity contribution < 1.29 is 0 Å². The molecule has 0 aliphatic heterocycles. The largest absolute Gasteiger partial charge is 0.384 e. The van der Waals surface area contributed by atoms with Gasteiger partial charge in [0.15, 0.2) is 5.13 Å². The van der Waals surface area contributed by atoms with E-state index in [1.165, 1.54) is 11.3 Å². The van der Waals surface area contributed by atoms with Gasteiger partial charge < -0.3 is 11.1 Å². The van der Waals surface area contributed by atoms with E-state index in [1.54, 1.807) is 11.6 Å². The van der Waals surface area contributed by atoms with E-state index in [1.807, 2.05) is 0 Å². The Balaban J connectivity index is 1.98. The number of anilines is 2. The van der Waals surface area contributed by atoms with Crippen LogP contribution in [0.2, 0.25) is 5.15 Å². The van der Waals surface area contributed by atoms with Crippen LogP contribution in [0.1, 0.15) is 5.56 Å². The van der Waals surface area contributed by atoms with Crippen molar-refractivity contribution in [2.45, 2.75) is 6.54 Å². The van der Waals surface area contributed by atoms with Gasteiger partial charge in [-0.3, -0.25) is 5.10 Å². The second-order valence-electron chi connectivity index (χ2n) is 2.64. The summed E-state index contributed by atoms with van der Waals surface area (Å²) in [5.41, 5.74) is 6.52. The number of thiazole rings is 1. The fourth-order valence-electron chi connectivity index (χ4n) is 0.968. The second-order valence-corrected chi connectivity index (χ2v) is 3.88. The highest BCUT2D eigenvalue weighted by molar-refractivity contribution is 7.14. The maximum Gasteiger partial charge on any atom is 0.184 e. The Morgan fingerprint density at radius 1 is 1.64 bits per heavy atom. The molecule has 0 saturated heterocycles. The third-order valence-electron chi connectivity index (χ3n) is 1.66. The van der Waals surface area contributed by atoms with Gasteiger partial charge in [0.05, 0.1) is 6.20 Å². The average molecular weight is 230 g/mol. The molecule has 0 amide bonds. The monoisotopic (exact) mass is 229 g/mol. The van der Waals surface area contributed by atoms with E-state index < -0.39 is 0 Å². The topological polar surface area (TPSA) is 79.6 Å². The summed E-state index contributed by atoms with van der Waals surface area (Å²) in [5.74, 6) is 0.570. The number of nitrogens with one attached hydrogen (secondary N) is 2. The standard InChI is InChI=1S/C7H8ClN5S/c8-5-3-14-7(12-5)10-1-4-2-11-13-6(4)9/h2-3H,1H2,(H,10,12)(H3,9,11,13). The number of halogens is 1. The van der Waals surface area contributed by atoms with Gasteiger partial charge in [0, 0.05) is 17.5 Å². The zero-order valence-corrected chi connectivity index (χ0v) is 8.69. The van der Waals surface area contributed by atoms with E-state index in [4.69, 9.17) is 17.3 Å². The van der Waals surface area contributed by atoms with E-state index in [0.29, 0.717) is 17.5 Å². The fourth-order valence-corrected chi connectivity index (χ4v) is 1.80. The molecule has 2 aromatic rings. The van der Waals surface area contributed by atoms with E-state index in [2.05, 4.69) is 20.5 Å². The van der Waals surface area contributed by atoms with Gasteiger partial charge in [0.2, 0.25) is 0 Å². The number of nitrogens with two attached hydrogens (primary N) is 1. The van der Waals surface area contributed by atoms with Crippen LogP contribution in [0.4, 0.5) is 10.9 Å². The van der Waals surface area contributed by atoms with Crippen molar-refractivity contribution in [1.29, 1.82) is 0 Å². The highest BCUT2D eigenvalue weighted by Gasteiger charge is 2.02. The summed E-state index contributed by atoms with van der Waals surface area (Å²) in [6.07, 6.45) is 1.68. The van der Waals surface area contributed by atoms with E-state index in [-0.39, 0.29) is 0 Å². The van der Waals surface area contributed by atoms with Crippen LogP contribution in [0.15, 0.2) is 11.6 Å². The molecular formula is C7H8ClN5S. The molecule has 2 aromatic heterocycles. The molecule has 0 saturated carbocycles. The Hall–Kier alpha value is -1.27. The molecular weight excluding hydrogens is 222 g/mol. The third kappa shape index (κ3) is 1.97. The maximum atomic E-state index is 5.67. The molecule has 0 radical (unpaired) electrons. The van der Waals surface area contributed by atoms with Gasteiger partial charge in [0.25, 0.3) is 0 Å². The normalized spacial score (nSPS) is 10.4. The molecule has 0 unspecified atom stereocenters. The van der Waals surface area contributed by atoms with E-state index >= 15 is 0 Å². The number of H-pyrrole nitrogens is 1. The molecule has 2 heterocycles. The van der Waals surface area contributed by atoms with Crippen molar-refractivity contribution in [3.05, 3.63) is 22.3 Å². The van der Waals surface area contributed by atoms with Crippen LogP contribution >= 0.6 is 22.9 Å². The van der Waals surface area contributed by atoms with Crippen LogP contribution in [0, 0.1) is 0 Å². The molecule has 7 heteroatoms. The van der Waals surface area contributed by atoms with Crippen molar-refractivity contribution in [2.24, 2.45) is 0 Å². The summed E-state index contributed by atoms with van der Waals surface area (Å²) >= 11 is 7.12. The van der Waals surface area contributed by atoms with Crippen LogP contribution in [-0.2, 0) is 6.54 Å². The smallest absolute Gasteiger partial charge is 0.184 e. The maximum absolute atomic E-state index is 5.67. The van der Waals surface area contributed by atoms with Crippen molar-refractivity contribution >= 4 is 33.9 Å². The first-order valence-corrected chi connectivity index (χ1v) is 5.14. The van der Waals surface area contributed by atoms with Crippen molar-refractivity contribution in [3.8, 4) is 0 Å². The number of rotatable bonds is 3. The Morgan fingerprint density at radius 3 is 3.07 bits per heavy atom. The quantitative estimate of drug-likeness (QED) is 0.749. The molecule has 0 spiro atoms. The Morgan fingerprint density at radius 2 is 2.50 bits per heavy atom. The van der Waals surface area contributed by atoms with Gasteiger partial charge in [-0.1, -0.05) is 11.6 Å². The first-order chi connectivity index (χ1) is 6.75. The Kier molecular flexibility index (Phi) is 2.55. The molecule has 4 N–H and O–H groups in total. The second kappa shape index (κ2) is 3.85. The van der Waals surface area contributed by atoms with Gasteiger partial charge >= 0.3 is 0 Å². The zero-order chi connectivity index (χ0) is 9.97. The summed E-state index contributed by atoms with van der Waals surface area (Å²) in [4.78, 5) is 4.04. The van der Waals surface area contributed by atoms with Crippen LogP contribution in [0.3, 0.4) is 0 Å². The van der Waals surface area contributed by atoms with Gasteiger partial charge in [-0.2, -0.15) is 5.10 Å². The molecule has 0 aromatic carbocycles. The van der Waals surface area contributed by atoms with Crippen LogP contribution < -0.4 is 11.1 Å². The minimum absolute atomic E-state index is 0.498. The number of hydrogen-bond donors (Lipinski definition) is 3. The molecule has 0 aliphatic rings. The highest BCUT2D eigenvalue weighted by atomic mass is 35.5. The predicted molar refractivity (Wildman–Crippen MR) is 57.5 cm³/mol.